The van der Waals surface area contributed by atoms with Gasteiger partial charge in [-0.25, -0.2) is 0 Å². The zero-order chi connectivity index (χ0) is 40.9. The van der Waals surface area contributed by atoms with Gasteiger partial charge in [-0.15, -0.1) is 0 Å². The summed E-state index contributed by atoms with van der Waals surface area (Å²) >= 11 is 0. The van der Waals surface area contributed by atoms with E-state index in [4.69, 9.17) is 0 Å². The van der Waals surface area contributed by atoms with E-state index in [1.54, 1.807) is 0 Å². The summed E-state index contributed by atoms with van der Waals surface area (Å²) in [6, 6.07) is 84.1. The zero-order valence-electron chi connectivity index (χ0n) is 34.3. The van der Waals surface area contributed by atoms with Crippen molar-refractivity contribution >= 4 is 55.7 Å². The van der Waals surface area contributed by atoms with Crippen molar-refractivity contribution in [3.05, 3.63) is 242 Å². The van der Waals surface area contributed by atoms with E-state index in [1.807, 2.05) is 0 Å². The van der Waals surface area contributed by atoms with Gasteiger partial charge < -0.3 is 9.80 Å². The van der Waals surface area contributed by atoms with Gasteiger partial charge in [0.2, 0.25) is 0 Å². The van der Waals surface area contributed by atoms with Crippen LogP contribution in [-0.4, -0.2) is 0 Å². The highest BCUT2D eigenvalue weighted by Crippen LogP contribution is 2.57. The van der Waals surface area contributed by atoms with Crippen LogP contribution in [0.1, 0.15) is 25.0 Å². The van der Waals surface area contributed by atoms with Gasteiger partial charge in [-0.2, -0.15) is 0 Å². The summed E-state index contributed by atoms with van der Waals surface area (Å²) in [7, 11) is 0. The molecule has 0 atom stereocenters. The number of fused-ring (bicyclic) bond motifs is 6. The van der Waals surface area contributed by atoms with Gasteiger partial charge in [-0.3, -0.25) is 0 Å². The molecular weight excluding hydrogens is 737 g/mol. The molecule has 0 amide bonds. The smallest absolute Gasteiger partial charge is 0.0593 e. The van der Waals surface area contributed by atoms with Gasteiger partial charge in [-0.05, 0) is 121 Å². The van der Waals surface area contributed by atoms with Crippen LogP contribution in [0, 0.1) is 0 Å². The molecule has 0 fully saturated rings. The predicted molar refractivity (Wildman–Crippen MR) is 259 cm³/mol. The van der Waals surface area contributed by atoms with Gasteiger partial charge in [0.05, 0.1) is 5.69 Å². The fraction of sp³-hybridized carbons (Fsp3) is 0.0508. The van der Waals surface area contributed by atoms with Crippen molar-refractivity contribution in [2.45, 2.75) is 19.3 Å². The van der Waals surface area contributed by atoms with Crippen molar-refractivity contribution in [3.63, 3.8) is 0 Å². The molecule has 0 aromatic heterocycles. The Kier molecular flexibility index (Phi) is 8.86. The molecule has 2 nitrogen and oxygen atoms in total. The number of para-hydroxylation sites is 1. The van der Waals surface area contributed by atoms with E-state index in [1.165, 1.54) is 71.7 Å². The number of anilines is 6. The third-order valence-corrected chi connectivity index (χ3v) is 12.5. The summed E-state index contributed by atoms with van der Waals surface area (Å²) in [5.74, 6) is 0. The SMILES string of the molecule is CC1(C)c2ccccc2-c2cc3ccc4ccccc4c3c(N(c3ccccc3)c3cccc(N(c4cccc(-c5ccccc5)c4)c4cccc(-c5ccccc5)c4)c3)c21. The first-order chi connectivity index (χ1) is 30.0. The van der Waals surface area contributed by atoms with E-state index in [0.29, 0.717) is 0 Å². The maximum absolute atomic E-state index is 2.53. The molecule has 0 heterocycles. The molecule has 0 aliphatic heterocycles. The van der Waals surface area contributed by atoms with E-state index < -0.39 is 0 Å². The Hall–Kier alpha value is -7.68. The third-order valence-electron chi connectivity index (χ3n) is 12.5. The topological polar surface area (TPSA) is 6.48 Å². The molecule has 290 valence electrons. The summed E-state index contributed by atoms with van der Waals surface area (Å²) in [5.41, 5.74) is 16.4. The second kappa shape index (κ2) is 14.9. The van der Waals surface area contributed by atoms with Crippen LogP contribution in [0.25, 0.3) is 54.9 Å². The largest absolute Gasteiger partial charge is 0.310 e. The summed E-state index contributed by atoms with van der Waals surface area (Å²) < 4.78 is 0. The highest BCUT2D eigenvalue weighted by atomic mass is 15.2. The molecule has 0 unspecified atom stereocenters. The summed E-state index contributed by atoms with van der Waals surface area (Å²) in [6.45, 7) is 4.80. The Morgan fingerprint density at radius 2 is 0.803 bits per heavy atom. The van der Waals surface area contributed by atoms with Crippen molar-refractivity contribution in [2.24, 2.45) is 0 Å². The molecule has 0 radical (unpaired) electrons. The zero-order valence-corrected chi connectivity index (χ0v) is 34.3. The Bertz CT molecular complexity index is 3140. The highest BCUT2D eigenvalue weighted by molar-refractivity contribution is 6.18. The number of nitrogens with zero attached hydrogens (tertiary/aromatic N) is 2. The van der Waals surface area contributed by atoms with Gasteiger partial charge in [0.1, 0.15) is 0 Å². The van der Waals surface area contributed by atoms with Crippen LogP contribution < -0.4 is 9.80 Å². The molecule has 10 aromatic carbocycles. The van der Waals surface area contributed by atoms with Crippen molar-refractivity contribution in [1.82, 2.24) is 0 Å². The first-order valence-corrected chi connectivity index (χ1v) is 21.2. The number of hydrogen-bond acceptors (Lipinski definition) is 2. The van der Waals surface area contributed by atoms with Crippen molar-refractivity contribution < 1.29 is 0 Å². The Morgan fingerprint density at radius 3 is 1.46 bits per heavy atom. The van der Waals surface area contributed by atoms with E-state index in [9.17, 15) is 0 Å². The molecule has 0 spiro atoms. The van der Waals surface area contributed by atoms with Crippen molar-refractivity contribution in [3.8, 4) is 33.4 Å². The standard InChI is InChI=1S/C59H44N2/c1-59(2)55-34-15-14-33-53(55)54-39-46-36-35-43-23-12-13-32-52(43)56(46)58(57(54)59)61(47-26-10-5-11-27-47)51-31-18-30-50(40-51)60(48-28-16-24-44(37-48)41-19-6-3-7-20-41)49-29-17-25-45(38-49)42-21-8-4-9-22-42/h3-40H,1-2H3. The molecule has 1 aliphatic carbocycles. The second-order valence-corrected chi connectivity index (χ2v) is 16.6. The normalized spacial score (nSPS) is 12.6. The van der Waals surface area contributed by atoms with Gasteiger partial charge >= 0.3 is 0 Å². The van der Waals surface area contributed by atoms with E-state index in [-0.39, 0.29) is 5.41 Å². The van der Waals surface area contributed by atoms with Gasteiger partial charge in [0.25, 0.3) is 0 Å². The van der Waals surface area contributed by atoms with Crippen LogP contribution in [0.2, 0.25) is 0 Å². The first-order valence-electron chi connectivity index (χ1n) is 21.2. The van der Waals surface area contributed by atoms with Gasteiger partial charge in [0, 0.05) is 39.2 Å². The minimum atomic E-state index is -0.265. The lowest BCUT2D eigenvalue weighted by atomic mass is 9.79. The number of benzene rings is 10. The Labute approximate surface area is 358 Å². The molecule has 0 saturated heterocycles. The molecule has 10 aromatic rings. The van der Waals surface area contributed by atoms with E-state index in [2.05, 4.69) is 254 Å². The van der Waals surface area contributed by atoms with Gasteiger partial charge in [-0.1, -0.05) is 184 Å². The van der Waals surface area contributed by atoms with Crippen molar-refractivity contribution in [2.75, 3.05) is 9.80 Å². The number of rotatable bonds is 8. The van der Waals surface area contributed by atoms with E-state index >= 15 is 0 Å². The predicted octanol–water partition coefficient (Wildman–Crippen LogP) is 16.6. The van der Waals surface area contributed by atoms with Crippen LogP contribution in [0.3, 0.4) is 0 Å². The van der Waals surface area contributed by atoms with Crippen LogP contribution in [0.5, 0.6) is 0 Å². The fourth-order valence-corrected chi connectivity index (χ4v) is 9.73. The molecular formula is C59H44N2. The lowest BCUT2D eigenvalue weighted by Gasteiger charge is -2.34. The maximum Gasteiger partial charge on any atom is 0.0593 e. The molecule has 2 heteroatoms. The van der Waals surface area contributed by atoms with Crippen molar-refractivity contribution in [1.29, 1.82) is 0 Å². The maximum atomic E-state index is 2.53. The summed E-state index contributed by atoms with van der Waals surface area (Å²) in [5, 5.41) is 4.97. The lowest BCUT2D eigenvalue weighted by Crippen LogP contribution is -2.21. The quantitative estimate of drug-likeness (QED) is 0.142. The average Bonchev–Trinajstić information content (AvgIpc) is 3.55. The Balaban J connectivity index is 1.18. The fourth-order valence-electron chi connectivity index (χ4n) is 9.73. The molecule has 61 heavy (non-hydrogen) atoms. The molecule has 0 bridgehead atoms. The van der Waals surface area contributed by atoms with Crippen LogP contribution in [0.15, 0.2) is 231 Å². The lowest BCUT2D eigenvalue weighted by molar-refractivity contribution is 0.661. The molecule has 11 rings (SSSR count). The minimum Gasteiger partial charge on any atom is -0.310 e. The molecule has 0 N–H and O–H groups in total. The molecule has 1 aliphatic rings. The van der Waals surface area contributed by atoms with E-state index in [0.717, 1.165) is 28.4 Å². The Morgan fingerprint density at radius 1 is 0.328 bits per heavy atom. The monoisotopic (exact) mass is 780 g/mol. The second-order valence-electron chi connectivity index (χ2n) is 16.6. The van der Waals surface area contributed by atoms with Crippen LogP contribution >= 0.6 is 0 Å². The molecule has 0 saturated carbocycles. The summed E-state index contributed by atoms with van der Waals surface area (Å²) in [4.78, 5) is 4.94. The minimum absolute atomic E-state index is 0.265. The van der Waals surface area contributed by atoms with Crippen LogP contribution in [-0.2, 0) is 5.41 Å². The number of hydrogen-bond donors (Lipinski definition) is 0. The van der Waals surface area contributed by atoms with Gasteiger partial charge in [0.15, 0.2) is 0 Å². The summed E-state index contributed by atoms with van der Waals surface area (Å²) in [6.07, 6.45) is 0. The average molecular weight is 781 g/mol. The third kappa shape index (κ3) is 6.27. The highest BCUT2D eigenvalue weighted by Gasteiger charge is 2.40. The first kappa shape index (κ1) is 36.4. The van der Waals surface area contributed by atoms with Crippen LogP contribution in [0.4, 0.5) is 34.1 Å².